The van der Waals surface area contributed by atoms with Crippen LogP contribution in [0.4, 0.5) is 0 Å². The van der Waals surface area contributed by atoms with E-state index < -0.39 is 0 Å². The van der Waals surface area contributed by atoms with Crippen molar-refractivity contribution in [3.05, 3.63) is 64.0 Å². The number of nitrogens with zero attached hydrogens (tertiary/aromatic N) is 1. The van der Waals surface area contributed by atoms with Gasteiger partial charge in [0.15, 0.2) is 0 Å². The predicted molar refractivity (Wildman–Crippen MR) is 80.5 cm³/mol. The summed E-state index contributed by atoms with van der Waals surface area (Å²) in [6, 6.07) is 11.2. The Bertz CT molecular complexity index is 496. The predicted octanol–water partition coefficient (Wildman–Crippen LogP) is 3.62. The number of hydrogen-bond acceptors (Lipinski definition) is 2. The summed E-state index contributed by atoms with van der Waals surface area (Å²) in [4.78, 5) is 4.45. The fraction of sp³-hybridized carbons (Fsp3) is 0.353. The molecule has 1 aromatic carbocycles. The first kappa shape index (κ1) is 13.8. The number of rotatable bonds is 3. The Morgan fingerprint density at radius 1 is 0.789 bits per heavy atom. The molecule has 100 valence electrons. The second-order valence-electron chi connectivity index (χ2n) is 5.33. The fourth-order valence-electron chi connectivity index (χ4n) is 2.74. The maximum atomic E-state index is 4.45. The molecule has 0 saturated carbocycles. The molecule has 0 spiro atoms. The highest BCUT2D eigenvalue weighted by atomic mass is 14.9. The molecule has 2 aromatic rings. The zero-order valence-electron chi connectivity index (χ0n) is 12.4. The van der Waals surface area contributed by atoms with Crippen molar-refractivity contribution in [1.82, 2.24) is 10.3 Å². The molecule has 0 aliphatic heterocycles. The van der Waals surface area contributed by atoms with Gasteiger partial charge >= 0.3 is 0 Å². The van der Waals surface area contributed by atoms with Crippen LogP contribution in [-0.4, -0.2) is 12.0 Å². The van der Waals surface area contributed by atoms with Crippen molar-refractivity contribution in [3.8, 4) is 0 Å². The molecule has 0 aliphatic rings. The minimum Gasteiger partial charge on any atom is -0.309 e. The summed E-state index contributed by atoms with van der Waals surface area (Å²) in [6.45, 7) is 8.38. The maximum absolute atomic E-state index is 4.45. The van der Waals surface area contributed by atoms with Crippen molar-refractivity contribution in [1.29, 1.82) is 0 Å². The Kier molecular flexibility index (Phi) is 4.01. The highest BCUT2D eigenvalue weighted by Gasteiger charge is 2.13. The number of benzene rings is 1. The smallest absolute Gasteiger partial charge is 0.0575 e. The van der Waals surface area contributed by atoms with E-state index in [1.807, 2.05) is 20.9 Å². The highest BCUT2D eigenvalue weighted by molar-refractivity contribution is 5.37. The van der Waals surface area contributed by atoms with Gasteiger partial charge in [0.25, 0.3) is 0 Å². The molecule has 19 heavy (non-hydrogen) atoms. The van der Waals surface area contributed by atoms with Gasteiger partial charge in [-0.3, -0.25) is 4.98 Å². The lowest BCUT2D eigenvalue weighted by Gasteiger charge is -2.19. The molecule has 0 bridgehead atoms. The van der Waals surface area contributed by atoms with Gasteiger partial charge in [0.1, 0.15) is 0 Å². The lowest BCUT2D eigenvalue weighted by Crippen LogP contribution is -2.18. The zero-order valence-corrected chi connectivity index (χ0v) is 12.4. The molecular formula is C17H22N2. The first-order chi connectivity index (χ1) is 8.99. The van der Waals surface area contributed by atoms with Gasteiger partial charge in [0, 0.05) is 11.4 Å². The molecule has 2 nitrogen and oxygen atoms in total. The van der Waals surface area contributed by atoms with E-state index in [1.54, 1.807) is 0 Å². The van der Waals surface area contributed by atoms with Crippen molar-refractivity contribution >= 4 is 0 Å². The normalized spacial score (nSPS) is 12.5. The van der Waals surface area contributed by atoms with Crippen LogP contribution in [-0.2, 0) is 0 Å². The van der Waals surface area contributed by atoms with E-state index in [0.717, 1.165) is 11.4 Å². The summed E-state index contributed by atoms with van der Waals surface area (Å²) in [6.07, 6.45) is 0. The van der Waals surface area contributed by atoms with Crippen LogP contribution in [0.3, 0.4) is 0 Å². The summed E-state index contributed by atoms with van der Waals surface area (Å²) in [7, 11) is 2.01. The molecule has 0 aliphatic carbocycles. The van der Waals surface area contributed by atoms with Crippen molar-refractivity contribution in [2.75, 3.05) is 7.05 Å². The summed E-state index contributed by atoms with van der Waals surface area (Å²) >= 11 is 0. The van der Waals surface area contributed by atoms with Gasteiger partial charge in [0.05, 0.1) is 6.04 Å². The summed E-state index contributed by atoms with van der Waals surface area (Å²) in [5.41, 5.74) is 7.33. The molecular weight excluding hydrogens is 232 g/mol. The minimum absolute atomic E-state index is 0.221. The molecule has 2 rings (SSSR count). The van der Waals surface area contributed by atoms with Gasteiger partial charge in [-0.05, 0) is 58.0 Å². The van der Waals surface area contributed by atoms with Crippen molar-refractivity contribution in [2.45, 2.75) is 33.7 Å². The van der Waals surface area contributed by atoms with Crippen molar-refractivity contribution in [2.24, 2.45) is 0 Å². The summed E-state index contributed by atoms with van der Waals surface area (Å²) < 4.78 is 0. The SMILES string of the molecule is CNC(c1cc(C)cc(C)c1)c1cc(C)nc(C)c1. The molecule has 0 fully saturated rings. The van der Waals surface area contributed by atoms with Crippen molar-refractivity contribution < 1.29 is 0 Å². The Hall–Kier alpha value is -1.67. The molecule has 0 amide bonds. The molecule has 0 radical (unpaired) electrons. The van der Waals surface area contributed by atoms with E-state index in [9.17, 15) is 0 Å². The number of nitrogens with one attached hydrogen (secondary N) is 1. The van der Waals surface area contributed by atoms with Crippen LogP contribution < -0.4 is 5.32 Å². The topological polar surface area (TPSA) is 24.9 Å². The number of pyridine rings is 1. The van der Waals surface area contributed by atoms with Crippen LogP contribution in [0, 0.1) is 27.7 Å². The maximum Gasteiger partial charge on any atom is 0.0575 e. The molecule has 2 heteroatoms. The number of aryl methyl sites for hydroxylation is 4. The van der Waals surface area contributed by atoms with Gasteiger partial charge in [-0.1, -0.05) is 29.3 Å². The Morgan fingerprint density at radius 3 is 1.74 bits per heavy atom. The summed E-state index contributed by atoms with van der Waals surface area (Å²) in [5.74, 6) is 0. The van der Waals surface area contributed by atoms with Gasteiger partial charge in [-0.2, -0.15) is 0 Å². The van der Waals surface area contributed by atoms with Crippen LogP contribution in [0.15, 0.2) is 30.3 Å². The first-order valence-corrected chi connectivity index (χ1v) is 6.70. The molecule has 1 heterocycles. The monoisotopic (exact) mass is 254 g/mol. The van der Waals surface area contributed by atoms with Crippen LogP contribution in [0.2, 0.25) is 0 Å². The van der Waals surface area contributed by atoms with E-state index >= 15 is 0 Å². The second kappa shape index (κ2) is 5.54. The molecule has 0 saturated heterocycles. The third kappa shape index (κ3) is 3.21. The van der Waals surface area contributed by atoms with E-state index in [1.165, 1.54) is 22.3 Å². The first-order valence-electron chi connectivity index (χ1n) is 6.70. The molecule has 1 N–H and O–H groups in total. The van der Waals surface area contributed by atoms with Gasteiger partial charge in [-0.15, -0.1) is 0 Å². The Balaban J connectivity index is 2.49. The largest absolute Gasteiger partial charge is 0.309 e. The third-order valence-corrected chi connectivity index (χ3v) is 3.30. The average molecular weight is 254 g/mol. The lowest BCUT2D eigenvalue weighted by molar-refractivity contribution is 0.687. The van der Waals surface area contributed by atoms with Gasteiger partial charge < -0.3 is 5.32 Å². The summed E-state index contributed by atoms with van der Waals surface area (Å²) in [5, 5.41) is 3.42. The van der Waals surface area contributed by atoms with Crippen molar-refractivity contribution in [3.63, 3.8) is 0 Å². The quantitative estimate of drug-likeness (QED) is 0.905. The molecule has 1 atom stereocenters. The fourth-order valence-corrected chi connectivity index (χ4v) is 2.74. The number of hydrogen-bond donors (Lipinski definition) is 1. The number of aromatic nitrogens is 1. The second-order valence-corrected chi connectivity index (χ2v) is 5.33. The van der Waals surface area contributed by atoms with Crippen LogP contribution in [0.5, 0.6) is 0 Å². The third-order valence-electron chi connectivity index (χ3n) is 3.30. The minimum atomic E-state index is 0.221. The highest BCUT2D eigenvalue weighted by Crippen LogP contribution is 2.24. The van der Waals surface area contributed by atoms with E-state index in [-0.39, 0.29) is 6.04 Å². The molecule has 1 unspecified atom stereocenters. The van der Waals surface area contributed by atoms with Crippen LogP contribution in [0.1, 0.15) is 39.7 Å². The van der Waals surface area contributed by atoms with Gasteiger partial charge in [-0.25, -0.2) is 0 Å². The zero-order chi connectivity index (χ0) is 14.0. The van der Waals surface area contributed by atoms with E-state index in [4.69, 9.17) is 0 Å². The van der Waals surface area contributed by atoms with Crippen LogP contribution >= 0.6 is 0 Å². The Labute approximate surface area is 115 Å². The van der Waals surface area contributed by atoms with E-state index in [2.05, 4.69) is 54.5 Å². The Morgan fingerprint density at radius 2 is 1.26 bits per heavy atom. The standard InChI is InChI=1S/C17H22N2/c1-11-6-12(2)8-15(7-11)17(18-5)16-9-13(3)19-14(4)10-16/h6-10,17-18H,1-5H3. The lowest BCUT2D eigenvalue weighted by atomic mass is 9.95. The van der Waals surface area contributed by atoms with Gasteiger partial charge in [0.2, 0.25) is 0 Å². The average Bonchev–Trinajstić information content (AvgIpc) is 2.27. The van der Waals surface area contributed by atoms with Crippen LogP contribution in [0.25, 0.3) is 0 Å². The molecule has 1 aromatic heterocycles. The van der Waals surface area contributed by atoms with E-state index in [0.29, 0.717) is 0 Å².